The van der Waals surface area contributed by atoms with Gasteiger partial charge < -0.3 is 15.1 Å². The van der Waals surface area contributed by atoms with Crippen molar-refractivity contribution in [2.45, 2.75) is 34.2 Å². The van der Waals surface area contributed by atoms with Crippen molar-refractivity contribution in [3.8, 4) is 0 Å². The van der Waals surface area contributed by atoms with E-state index in [9.17, 15) is 9.59 Å². The lowest BCUT2D eigenvalue weighted by Crippen LogP contribution is -2.45. The Morgan fingerprint density at radius 2 is 1.64 bits per heavy atom. The predicted octanol–water partition coefficient (Wildman–Crippen LogP) is 0.657. The molecule has 0 radical (unpaired) electrons. The van der Waals surface area contributed by atoms with Gasteiger partial charge in [0.05, 0.1) is 23.4 Å². The van der Waals surface area contributed by atoms with Crippen LogP contribution < -0.4 is 15.8 Å². The summed E-state index contributed by atoms with van der Waals surface area (Å²) in [5.41, 5.74) is 3.01. The van der Waals surface area contributed by atoms with E-state index in [-0.39, 0.29) is 18.0 Å². The fourth-order valence-corrected chi connectivity index (χ4v) is 3.15. The van der Waals surface area contributed by atoms with Crippen LogP contribution in [0.4, 0.5) is 11.6 Å². The van der Waals surface area contributed by atoms with Crippen molar-refractivity contribution in [3.05, 3.63) is 39.3 Å². The van der Waals surface area contributed by atoms with Gasteiger partial charge in [-0.25, -0.2) is 15.0 Å². The molecule has 0 aromatic carbocycles. The highest BCUT2D eigenvalue weighted by molar-refractivity contribution is 5.91. The standard InChI is InChI=1S/C19H27N7O2/c1-12-13(2)20-11-26(18(12)28)10-16(27)23-17-14(3)21-19(22-15(17)4)25-8-6-24(5)7-9-25/h11H,6-10H2,1-5H3,(H,23,27). The quantitative estimate of drug-likeness (QED) is 0.826. The first-order valence-electron chi connectivity index (χ1n) is 9.37. The Labute approximate surface area is 164 Å². The molecule has 1 amide bonds. The first kappa shape index (κ1) is 19.9. The van der Waals surface area contributed by atoms with Crippen LogP contribution in [0.25, 0.3) is 0 Å². The van der Waals surface area contributed by atoms with Crippen molar-refractivity contribution in [2.24, 2.45) is 0 Å². The van der Waals surface area contributed by atoms with Gasteiger partial charge in [-0.05, 0) is 34.7 Å². The first-order valence-corrected chi connectivity index (χ1v) is 9.37. The number of nitrogens with zero attached hydrogens (tertiary/aromatic N) is 6. The largest absolute Gasteiger partial charge is 0.338 e. The Balaban J connectivity index is 1.74. The molecular weight excluding hydrogens is 358 g/mol. The molecule has 9 nitrogen and oxygen atoms in total. The molecule has 0 spiro atoms. The van der Waals surface area contributed by atoms with Crippen molar-refractivity contribution in [1.29, 1.82) is 0 Å². The van der Waals surface area contributed by atoms with Crippen molar-refractivity contribution < 1.29 is 4.79 Å². The van der Waals surface area contributed by atoms with Crippen molar-refractivity contribution in [2.75, 3.05) is 43.4 Å². The number of piperazine rings is 1. The molecule has 28 heavy (non-hydrogen) atoms. The van der Waals surface area contributed by atoms with Gasteiger partial charge in [0.2, 0.25) is 11.9 Å². The molecule has 3 heterocycles. The zero-order chi connectivity index (χ0) is 20.4. The van der Waals surface area contributed by atoms with E-state index in [1.807, 2.05) is 13.8 Å². The lowest BCUT2D eigenvalue weighted by atomic mass is 10.2. The molecule has 1 aliphatic rings. The van der Waals surface area contributed by atoms with Gasteiger partial charge in [0.25, 0.3) is 5.56 Å². The molecule has 150 valence electrons. The SMILES string of the molecule is Cc1nc(N2CCN(C)CC2)nc(C)c1NC(=O)Cn1cnc(C)c(C)c1=O. The Morgan fingerprint density at radius 1 is 1.04 bits per heavy atom. The highest BCUT2D eigenvalue weighted by atomic mass is 16.2. The highest BCUT2D eigenvalue weighted by Crippen LogP contribution is 2.21. The summed E-state index contributed by atoms with van der Waals surface area (Å²) in [4.78, 5) is 42.5. The van der Waals surface area contributed by atoms with Crippen LogP contribution in [0, 0.1) is 27.7 Å². The minimum atomic E-state index is -0.311. The number of anilines is 2. The molecule has 1 N–H and O–H groups in total. The van der Waals surface area contributed by atoms with E-state index in [1.165, 1.54) is 10.9 Å². The third-order valence-corrected chi connectivity index (χ3v) is 5.14. The van der Waals surface area contributed by atoms with Gasteiger partial charge >= 0.3 is 0 Å². The molecule has 1 fully saturated rings. The summed E-state index contributed by atoms with van der Waals surface area (Å²) in [5, 5.41) is 2.85. The molecule has 0 unspecified atom stereocenters. The van der Waals surface area contributed by atoms with E-state index >= 15 is 0 Å². The van der Waals surface area contributed by atoms with Crippen LogP contribution in [0.3, 0.4) is 0 Å². The number of carbonyl (C=O) groups is 1. The van der Waals surface area contributed by atoms with Crippen molar-refractivity contribution in [1.82, 2.24) is 24.4 Å². The van der Waals surface area contributed by atoms with Crippen LogP contribution in [-0.4, -0.2) is 63.6 Å². The minimum absolute atomic E-state index is 0.105. The second-order valence-corrected chi connectivity index (χ2v) is 7.30. The zero-order valence-corrected chi connectivity index (χ0v) is 17.1. The minimum Gasteiger partial charge on any atom is -0.338 e. The smallest absolute Gasteiger partial charge is 0.256 e. The maximum absolute atomic E-state index is 12.5. The summed E-state index contributed by atoms with van der Waals surface area (Å²) in [5.74, 6) is 0.380. The van der Waals surface area contributed by atoms with E-state index in [0.29, 0.717) is 34.3 Å². The van der Waals surface area contributed by atoms with Gasteiger partial charge in [-0.3, -0.25) is 14.2 Å². The van der Waals surface area contributed by atoms with Crippen LogP contribution in [0.15, 0.2) is 11.1 Å². The number of rotatable bonds is 4. The van der Waals surface area contributed by atoms with E-state index in [4.69, 9.17) is 0 Å². The lowest BCUT2D eigenvalue weighted by molar-refractivity contribution is -0.116. The van der Waals surface area contributed by atoms with Gasteiger partial charge in [0, 0.05) is 37.4 Å². The van der Waals surface area contributed by atoms with Crippen LogP contribution in [0.5, 0.6) is 0 Å². The van der Waals surface area contributed by atoms with Crippen LogP contribution in [0.1, 0.15) is 22.6 Å². The molecule has 0 saturated carbocycles. The maximum atomic E-state index is 12.5. The molecule has 0 atom stereocenters. The van der Waals surface area contributed by atoms with E-state index < -0.39 is 0 Å². The number of hydrogen-bond acceptors (Lipinski definition) is 7. The summed E-state index contributed by atoms with van der Waals surface area (Å²) in [7, 11) is 2.10. The normalized spacial score (nSPS) is 15.0. The molecule has 2 aromatic rings. The topological polar surface area (TPSA) is 96.2 Å². The molecule has 1 saturated heterocycles. The van der Waals surface area contributed by atoms with E-state index in [1.54, 1.807) is 13.8 Å². The molecule has 2 aromatic heterocycles. The van der Waals surface area contributed by atoms with E-state index in [0.717, 1.165) is 26.2 Å². The second kappa shape index (κ2) is 8.05. The Hall–Kier alpha value is -2.81. The van der Waals surface area contributed by atoms with Crippen LogP contribution in [-0.2, 0) is 11.3 Å². The average molecular weight is 385 g/mol. The maximum Gasteiger partial charge on any atom is 0.256 e. The fraction of sp³-hybridized carbons (Fsp3) is 0.526. The Kier molecular flexibility index (Phi) is 5.73. The number of nitrogens with one attached hydrogen (secondary N) is 1. The first-order chi connectivity index (χ1) is 13.3. The van der Waals surface area contributed by atoms with Gasteiger partial charge in [0.1, 0.15) is 6.54 Å². The molecule has 0 aliphatic carbocycles. The summed E-state index contributed by atoms with van der Waals surface area (Å²) < 4.78 is 1.31. The third kappa shape index (κ3) is 4.19. The summed E-state index contributed by atoms with van der Waals surface area (Å²) >= 11 is 0. The monoisotopic (exact) mass is 385 g/mol. The average Bonchev–Trinajstić information content (AvgIpc) is 2.65. The zero-order valence-electron chi connectivity index (χ0n) is 17.1. The predicted molar refractivity (Wildman–Crippen MR) is 108 cm³/mol. The highest BCUT2D eigenvalue weighted by Gasteiger charge is 2.19. The van der Waals surface area contributed by atoms with Gasteiger partial charge in [-0.1, -0.05) is 0 Å². The lowest BCUT2D eigenvalue weighted by Gasteiger charge is -2.32. The van der Waals surface area contributed by atoms with Crippen molar-refractivity contribution >= 4 is 17.5 Å². The number of aryl methyl sites for hydroxylation is 3. The second-order valence-electron chi connectivity index (χ2n) is 7.30. The van der Waals surface area contributed by atoms with Crippen LogP contribution in [0.2, 0.25) is 0 Å². The Bertz CT molecular complexity index is 923. The Morgan fingerprint density at radius 3 is 2.25 bits per heavy atom. The summed E-state index contributed by atoms with van der Waals surface area (Å²) in [6.07, 6.45) is 1.40. The van der Waals surface area contributed by atoms with Crippen LogP contribution >= 0.6 is 0 Å². The summed E-state index contributed by atoms with van der Waals surface area (Å²) in [6.45, 7) is 10.8. The molecule has 3 rings (SSSR count). The van der Waals surface area contributed by atoms with Gasteiger partial charge in [0.15, 0.2) is 0 Å². The fourth-order valence-electron chi connectivity index (χ4n) is 3.15. The van der Waals surface area contributed by atoms with Crippen molar-refractivity contribution in [3.63, 3.8) is 0 Å². The number of amides is 1. The number of likely N-dealkylation sites (N-methyl/N-ethyl adjacent to an activating group) is 1. The third-order valence-electron chi connectivity index (χ3n) is 5.14. The number of aromatic nitrogens is 4. The molecule has 1 aliphatic heterocycles. The molecular formula is C19H27N7O2. The van der Waals surface area contributed by atoms with Gasteiger partial charge in [-0.15, -0.1) is 0 Å². The number of hydrogen-bond donors (Lipinski definition) is 1. The molecule has 0 bridgehead atoms. The van der Waals surface area contributed by atoms with Gasteiger partial charge in [-0.2, -0.15) is 0 Å². The van der Waals surface area contributed by atoms with E-state index in [2.05, 4.69) is 37.1 Å². The number of carbonyl (C=O) groups excluding carboxylic acids is 1. The summed E-state index contributed by atoms with van der Waals surface area (Å²) in [6, 6.07) is 0. The molecule has 9 heteroatoms.